The number of carbonyl (C=O) groups is 1. The highest BCUT2D eigenvalue weighted by atomic mass is 16.5. The molecule has 4 rings (SSSR count). The molecule has 0 amide bonds. The molecular weight excluding hydrogens is 452 g/mol. The first kappa shape index (κ1) is 24.1. The molecule has 3 aromatic rings. The second-order valence-corrected chi connectivity index (χ2v) is 7.77. The van der Waals surface area contributed by atoms with Gasteiger partial charge in [0.1, 0.15) is 12.4 Å². The Morgan fingerprint density at radius 3 is 2.57 bits per heavy atom. The highest BCUT2D eigenvalue weighted by molar-refractivity contribution is 5.85. The van der Waals surface area contributed by atoms with E-state index in [0.717, 1.165) is 22.2 Å². The van der Waals surface area contributed by atoms with Crippen molar-refractivity contribution in [3.05, 3.63) is 51.2 Å². The summed E-state index contributed by atoms with van der Waals surface area (Å²) in [5.74, 6) is 6.91. The normalized spacial score (nSPS) is 13.4. The Morgan fingerprint density at radius 2 is 1.89 bits per heavy atom. The van der Waals surface area contributed by atoms with Crippen LogP contribution in [-0.2, 0) is 17.8 Å². The molecule has 0 aliphatic carbocycles. The minimum atomic E-state index is -0.890. The summed E-state index contributed by atoms with van der Waals surface area (Å²) in [4.78, 5) is 46.4. The Labute approximate surface area is 201 Å². The number of para-hydroxylation sites is 1. The second-order valence-electron chi connectivity index (χ2n) is 7.77. The van der Waals surface area contributed by atoms with Crippen LogP contribution in [0, 0.1) is 11.8 Å². The predicted molar refractivity (Wildman–Crippen MR) is 131 cm³/mol. The molecule has 0 spiro atoms. The molecule has 0 radical (unpaired) electrons. The summed E-state index contributed by atoms with van der Waals surface area (Å²) in [6.07, 6.45) is -0.890. The maximum absolute atomic E-state index is 13.6. The van der Waals surface area contributed by atoms with Crippen LogP contribution in [0.3, 0.4) is 0 Å². The summed E-state index contributed by atoms with van der Waals surface area (Å²) in [5, 5.41) is 3.28. The zero-order valence-corrected chi connectivity index (χ0v) is 19.8. The van der Waals surface area contributed by atoms with Crippen molar-refractivity contribution in [1.29, 1.82) is 0 Å². The molecule has 184 valence electrons. The van der Waals surface area contributed by atoms with Crippen LogP contribution in [0.15, 0.2) is 39.9 Å². The fourth-order valence-corrected chi connectivity index (χ4v) is 3.96. The molecule has 11 nitrogen and oxygen atoms in total. The van der Waals surface area contributed by atoms with E-state index in [0.29, 0.717) is 24.8 Å². The Kier molecular flexibility index (Phi) is 7.52. The predicted octanol–water partition coefficient (Wildman–Crippen LogP) is 0.876. The summed E-state index contributed by atoms with van der Waals surface area (Å²) in [7, 11) is 0. The summed E-state index contributed by atoms with van der Waals surface area (Å²) in [6.45, 7) is 6.40. The first-order valence-electron chi connectivity index (χ1n) is 11.5. The number of hydrogen-bond acceptors (Lipinski definition) is 8. The molecule has 0 unspecified atom stereocenters. The Bertz CT molecular complexity index is 1370. The SMILES string of the molecule is CC#CCn1c(N2CCNCC2)nc2c1c(=O)n(CCOc1ccccc1)c(=O)n2C(=O)OCC. The average Bonchev–Trinajstić information content (AvgIpc) is 3.25. The van der Waals surface area contributed by atoms with Gasteiger partial charge in [-0.1, -0.05) is 24.1 Å². The van der Waals surface area contributed by atoms with Crippen LogP contribution >= 0.6 is 0 Å². The summed E-state index contributed by atoms with van der Waals surface area (Å²) < 4.78 is 14.3. The zero-order valence-electron chi connectivity index (χ0n) is 19.8. The highest BCUT2D eigenvalue weighted by Gasteiger charge is 2.27. The molecule has 2 aromatic heterocycles. The Hall–Kier alpha value is -4.04. The molecule has 11 heteroatoms. The van der Waals surface area contributed by atoms with Crippen molar-refractivity contribution in [2.75, 3.05) is 44.3 Å². The second kappa shape index (κ2) is 10.9. The summed E-state index contributed by atoms with van der Waals surface area (Å²) in [6, 6.07) is 9.07. The third-order valence-electron chi connectivity index (χ3n) is 5.60. The lowest BCUT2D eigenvalue weighted by Gasteiger charge is -2.28. The van der Waals surface area contributed by atoms with Crippen LogP contribution in [0.25, 0.3) is 11.2 Å². The van der Waals surface area contributed by atoms with E-state index >= 15 is 0 Å². The molecule has 35 heavy (non-hydrogen) atoms. The fourth-order valence-electron chi connectivity index (χ4n) is 3.96. The van der Waals surface area contributed by atoms with Crippen LogP contribution < -0.4 is 26.2 Å². The lowest BCUT2D eigenvalue weighted by molar-refractivity contribution is 0.153. The van der Waals surface area contributed by atoms with E-state index in [4.69, 9.17) is 9.47 Å². The largest absolute Gasteiger partial charge is 0.492 e. The van der Waals surface area contributed by atoms with Gasteiger partial charge in [0.05, 0.1) is 19.7 Å². The van der Waals surface area contributed by atoms with Gasteiger partial charge in [-0.3, -0.25) is 13.9 Å². The maximum Gasteiger partial charge on any atom is 0.424 e. The lowest BCUT2D eigenvalue weighted by atomic mass is 10.3. The molecular formula is C24H28N6O5. The molecule has 1 N–H and O–H groups in total. The first-order valence-corrected chi connectivity index (χ1v) is 11.5. The molecule has 0 bridgehead atoms. The Morgan fingerprint density at radius 1 is 1.14 bits per heavy atom. The number of aromatic nitrogens is 4. The third-order valence-corrected chi connectivity index (χ3v) is 5.60. The van der Waals surface area contributed by atoms with Crippen molar-refractivity contribution in [3.63, 3.8) is 0 Å². The van der Waals surface area contributed by atoms with E-state index in [1.807, 2.05) is 23.1 Å². The summed E-state index contributed by atoms with van der Waals surface area (Å²) >= 11 is 0. The minimum Gasteiger partial charge on any atom is -0.492 e. The molecule has 0 atom stereocenters. The topological polar surface area (TPSA) is 113 Å². The van der Waals surface area contributed by atoms with Gasteiger partial charge in [0, 0.05) is 26.2 Å². The van der Waals surface area contributed by atoms with Crippen molar-refractivity contribution in [1.82, 2.24) is 24.0 Å². The highest BCUT2D eigenvalue weighted by Crippen LogP contribution is 2.20. The first-order chi connectivity index (χ1) is 17.1. The van der Waals surface area contributed by atoms with Gasteiger partial charge in [-0.05, 0) is 26.0 Å². The average molecular weight is 481 g/mol. The van der Waals surface area contributed by atoms with Crippen LogP contribution in [0.4, 0.5) is 10.7 Å². The smallest absolute Gasteiger partial charge is 0.424 e. The van der Waals surface area contributed by atoms with Crippen molar-refractivity contribution in [3.8, 4) is 17.6 Å². The van der Waals surface area contributed by atoms with Crippen LogP contribution in [0.2, 0.25) is 0 Å². The van der Waals surface area contributed by atoms with Gasteiger partial charge in [0.2, 0.25) is 5.95 Å². The fraction of sp³-hybridized carbons (Fsp3) is 0.417. The number of ether oxygens (including phenoxy) is 2. The minimum absolute atomic E-state index is 0.0369. The number of anilines is 1. The number of piperazine rings is 1. The van der Waals surface area contributed by atoms with Crippen LogP contribution in [0.1, 0.15) is 13.8 Å². The molecule has 3 heterocycles. The Balaban J connectivity index is 1.87. The molecule has 1 aliphatic rings. The van der Waals surface area contributed by atoms with E-state index in [2.05, 4.69) is 22.1 Å². The number of fused-ring (bicyclic) bond motifs is 1. The number of imidazole rings is 1. The quantitative estimate of drug-likeness (QED) is 0.496. The third kappa shape index (κ3) is 4.93. The van der Waals surface area contributed by atoms with Gasteiger partial charge in [-0.15, -0.1) is 5.92 Å². The van der Waals surface area contributed by atoms with Gasteiger partial charge in [0.15, 0.2) is 11.2 Å². The van der Waals surface area contributed by atoms with E-state index in [1.165, 1.54) is 0 Å². The zero-order chi connectivity index (χ0) is 24.8. The van der Waals surface area contributed by atoms with Gasteiger partial charge < -0.3 is 19.7 Å². The van der Waals surface area contributed by atoms with E-state index < -0.39 is 17.3 Å². The van der Waals surface area contributed by atoms with Crippen LogP contribution in [-0.4, -0.2) is 64.2 Å². The number of nitrogens with one attached hydrogen (secondary N) is 1. The van der Waals surface area contributed by atoms with E-state index in [9.17, 15) is 14.4 Å². The number of rotatable bonds is 7. The van der Waals surface area contributed by atoms with Gasteiger partial charge in [0.25, 0.3) is 5.56 Å². The van der Waals surface area contributed by atoms with Crippen molar-refractivity contribution >= 4 is 23.2 Å². The lowest BCUT2D eigenvalue weighted by Crippen LogP contribution is -2.45. The molecule has 0 saturated carbocycles. The van der Waals surface area contributed by atoms with Crippen molar-refractivity contribution in [2.45, 2.75) is 26.9 Å². The molecule has 1 aliphatic heterocycles. The molecule has 1 fully saturated rings. The number of benzene rings is 1. The van der Waals surface area contributed by atoms with E-state index in [1.54, 1.807) is 30.5 Å². The molecule has 1 aromatic carbocycles. The van der Waals surface area contributed by atoms with Crippen LogP contribution in [0.5, 0.6) is 5.75 Å². The number of hydrogen-bond donors (Lipinski definition) is 1. The van der Waals surface area contributed by atoms with Gasteiger partial charge in [-0.25, -0.2) is 9.59 Å². The molecule has 1 saturated heterocycles. The van der Waals surface area contributed by atoms with Crippen molar-refractivity contribution < 1.29 is 14.3 Å². The number of carbonyl (C=O) groups excluding carboxylic acids is 1. The van der Waals surface area contributed by atoms with Crippen molar-refractivity contribution in [2.24, 2.45) is 0 Å². The monoisotopic (exact) mass is 480 g/mol. The summed E-state index contributed by atoms with van der Waals surface area (Å²) in [5.41, 5.74) is -1.30. The van der Waals surface area contributed by atoms with Gasteiger partial charge >= 0.3 is 11.8 Å². The van der Waals surface area contributed by atoms with Gasteiger partial charge in [-0.2, -0.15) is 9.55 Å². The van der Waals surface area contributed by atoms with E-state index in [-0.39, 0.29) is 37.5 Å². The standard InChI is InChI=1S/C24H28N6O5/c1-3-5-13-28-19-20(26-22(28)27-14-11-25-12-15-27)30(24(33)34-4-2)23(32)29(21(19)31)16-17-35-18-9-7-6-8-10-18/h6-10,25H,4,11-17H2,1-2H3. The number of nitrogens with zero attached hydrogens (tertiary/aromatic N) is 5. The maximum atomic E-state index is 13.6.